The molecule has 4 atom stereocenters. The normalized spacial score (nSPS) is 34.8. The van der Waals surface area contributed by atoms with E-state index in [4.69, 9.17) is 0 Å². The van der Waals surface area contributed by atoms with Gasteiger partial charge in [0, 0.05) is 0 Å². The highest BCUT2D eigenvalue weighted by molar-refractivity contribution is 5.39. The first kappa shape index (κ1) is 12.1. The van der Waals surface area contributed by atoms with Crippen LogP contribution in [0.2, 0.25) is 0 Å². The van der Waals surface area contributed by atoms with Crippen LogP contribution < -0.4 is 0 Å². The number of fused-ring (bicyclic) bond motifs is 3. The Balaban J connectivity index is 1.95. The van der Waals surface area contributed by atoms with Crippen molar-refractivity contribution in [1.29, 1.82) is 0 Å². The van der Waals surface area contributed by atoms with Gasteiger partial charge in [-0.25, -0.2) is 0 Å². The Hall–Kier alpha value is -0.980. The van der Waals surface area contributed by atoms with Gasteiger partial charge in [0.2, 0.25) is 0 Å². The molecule has 1 fully saturated rings. The van der Waals surface area contributed by atoms with Gasteiger partial charge >= 0.3 is 0 Å². The Labute approximate surface area is 110 Å². The molecule has 1 aromatic rings. The average Bonchev–Trinajstić information content (AvgIpc) is 2.37. The smallest absolute Gasteiger partial charge is 0.115 e. The predicted molar refractivity (Wildman–Crippen MR) is 74.8 cm³/mol. The number of phenols is 1. The molecule has 0 saturated heterocycles. The molecule has 0 amide bonds. The van der Waals surface area contributed by atoms with E-state index in [-0.39, 0.29) is 0 Å². The van der Waals surface area contributed by atoms with Gasteiger partial charge < -0.3 is 5.11 Å². The summed E-state index contributed by atoms with van der Waals surface area (Å²) in [7, 11) is 0. The van der Waals surface area contributed by atoms with E-state index in [1.165, 1.54) is 36.8 Å². The third-order valence-electron chi connectivity index (χ3n) is 5.48. The fourth-order valence-corrected chi connectivity index (χ4v) is 4.59. The lowest BCUT2D eigenvalue weighted by Gasteiger charge is -2.45. The number of aromatic hydroxyl groups is 1. The van der Waals surface area contributed by atoms with Crippen molar-refractivity contribution in [2.24, 2.45) is 17.8 Å². The van der Waals surface area contributed by atoms with Crippen LogP contribution in [0.25, 0.3) is 0 Å². The van der Waals surface area contributed by atoms with Crippen LogP contribution in [0.5, 0.6) is 5.75 Å². The number of hydrogen-bond acceptors (Lipinski definition) is 1. The third kappa shape index (κ3) is 1.84. The van der Waals surface area contributed by atoms with E-state index in [0.29, 0.717) is 5.75 Å². The molecule has 0 spiro atoms. The Kier molecular flexibility index (Phi) is 3.09. The summed E-state index contributed by atoms with van der Waals surface area (Å²) in [5.74, 6) is 3.88. The molecule has 1 heteroatoms. The topological polar surface area (TPSA) is 20.2 Å². The van der Waals surface area contributed by atoms with Gasteiger partial charge in [-0.05, 0) is 72.6 Å². The number of hydrogen-bond donors (Lipinski definition) is 1. The molecule has 3 rings (SSSR count). The highest BCUT2D eigenvalue weighted by atomic mass is 16.3. The van der Waals surface area contributed by atoms with Gasteiger partial charge in [-0.3, -0.25) is 0 Å². The maximum absolute atomic E-state index is 9.62. The van der Waals surface area contributed by atoms with Gasteiger partial charge in [0.1, 0.15) is 5.75 Å². The summed E-state index contributed by atoms with van der Waals surface area (Å²) in [6.45, 7) is 4.80. The summed E-state index contributed by atoms with van der Waals surface area (Å²) < 4.78 is 0. The van der Waals surface area contributed by atoms with E-state index in [1.807, 2.05) is 12.1 Å². The molecule has 18 heavy (non-hydrogen) atoms. The number of rotatable bonds is 1. The minimum absolute atomic E-state index is 0.434. The van der Waals surface area contributed by atoms with Gasteiger partial charge in [-0.1, -0.05) is 26.3 Å². The van der Waals surface area contributed by atoms with Crippen LogP contribution in [0.1, 0.15) is 56.6 Å². The van der Waals surface area contributed by atoms with Crippen molar-refractivity contribution in [2.45, 2.75) is 51.9 Å². The summed E-state index contributed by atoms with van der Waals surface area (Å²) in [5.41, 5.74) is 2.94. The van der Waals surface area contributed by atoms with E-state index >= 15 is 0 Å². The number of phenolic OH excluding ortho intramolecular Hbond substituents is 1. The lowest BCUT2D eigenvalue weighted by atomic mass is 9.60. The number of benzene rings is 1. The second kappa shape index (κ2) is 4.60. The van der Waals surface area contributed by atoms with Crippen molar-refractivity contribution in [3.63, 3.8) is 0 Å². The zero-order valence-corrected chi connectivity index (χ0v) is 11.5. The molecule has 4 unspecified atom stereocenters. The van der Waals surface area contributed by atoms with Crippen LogP contribution in [0.15, 0.2) is 18.2 Å². The first-order chi connectivity index (χ1) is 8.70. The molecular weight excluding hydrogens is 220 g/mol. The molecule has 98 valence electrons. The van der Waals surface area contributed by atoms with Gasteiger partial charge in [-0.15, -0.1) is 0 Å². The third-order valence-corrected chi connectivity index (χ3v) is 5.48. The maximum atomic E-state index is 9.62. The van der Waals surface area contributed by atoms with Crippen LogP contribution in [0, 0.1) is 17.8 Å². The fraction of sp³-hybridized carbons (Fsp3) is 0.647. The fourth-order valence-electron chi connectivity index (χ4n) is 4.59. The van der Waals surface area contributed by atoms with Gasteiger partial charge in [0.05, 0.1) is 0 Å². The molecule has 1 nitrogen and oxygen atoms in total. The molecule has 1 aromatic carbocycles. The van der Waals surface area contributed by atoms with Crippen LogP contribution in [-0.2, 0) is 6.42 Å². The van der Waals surface area contributed by atoms with E-state index in [9.17, 15) is 5.11 Å². The quantitative estimate of drug-likeness (QED) is 0.771. The summed E-state index contributed by atoms with van der Waals surface area (Å²) in [6.07, 6.45) is 6.54. The van der Waals surface area contributed by atoms with Gasteiger partial charge in [-0.2, -0.15) is 0 Å². The summed E-state index contributed by atoms with van der Waals surface area (Å²) in [6, 6.07) is 6.05. The lowest BCUT2D eigenvalue weighted by molar-refractivity contribution is 0.118. The summed E-state index contributed by atoms with van der Waals surface area (Å²) in [4.78, 5) is 0. The van der Waals surface area contributed by atoms with Crippen molar-refractivity contribution in [3.8, 4) is 5.75 Å². The molecule has 0 bridgehead atoms. The van der Waals surface area contributed by atoms with Crippen molar-refractivity contribution in [2.75, 3.05) is 0 Å². The van der Waals surface area contributed by atoms with Crippen molar-refractivity contribution in [1.82, 2.24) is 0 Å². The minimum atomic E-state index is 0.434. The standard InChI is InChI=1S/C17H24O/c1-3-14-11(2)4-7-17-15-9-6-13(18)10-12(15)5-8-16(14)17/h6,9-11,14,16-18H,3-5,7-8H2,1-2H3. The Morgan fingerprint density at radius 3 is 2.83 bits per heavy atom. The molecule has 0 heterocycles. The van der Waals surface area contributed by atoms with E-state index < -0.39 is 0 Å². The summed E-state index contributed by atoms with van der Waals surface area (Å²) in [5, 5.41) is 9.62. The first-order valence-electron chi connectivity index (χ1n) is 7.52. The van der Waals surface area contributed by atoms with E-state index in [2.05, 4.69) is 19.9 Å². The van der Waals surface area contributed by atoms with E-state index in [0.717, 1.165) is 30.1 Å². The molecule has 0 aliphatic heterocycles. The van der Waals surface area contributed by atoms with Crippen molar-refractivity contribution in [3.05, 3.63) is 29.3 Å². The molecule has 1 N–H and O–H groups in total. The molecule has 0 radical (unpaired) electrons. The van der Waals surface area contributed by atoms with Crippen molar-refractivity contribution >= 4 is 0 Å². The predicted octanol–water partition coefficient (Wildman–Crippen LogP) is 4.49. The van der Waals surface area contributed by atoms with Crippen LogP contribution in [0.4, 0.5) is 0 Å². The average molecular weight is 244 g/mol. The van der Waals surface area contributed by atoms with Crippen LogP contribution >= 0.6 is 0 Å². The van der Waals surface area contributed by atoms with Gasteiger partial charge in [0.25, 0.3) is 0 Å². The minimum Gasteiger partial charge on any atom is -0.508 e. The summed E-state index contributed by atoms with van der Waals surface area (Å²) >= 11 is 0. The molecular formula is C17H24O. The Morgan fingerprint density at radius 2 is 2.06 bits per heavy atom. The van der Waals surface area contributed by atoms with Crippen LogP contribution in [0.3, 0.4) is 0 Å². The highest BCUT2D eigenvalue weighted by Gasteiger charge is 2.39. The monoisotopic (exact) mass is 244 g/mol. The Bertz CT molecular complexity index is 437. The largest absolute Gasteiger partial charge is 0.508 e. The second-order valence-corrected chi connectivity index (χ2v) is 6.32. The molecule has 2 aliphatic carbocycles. The number of aryl methyl sites for hydroxylation is 1. The maximum Gasteiger partial charge on any atom is 0.115 e. The first-order valence-corrected chi connectivity index (χ1v) is 7.52. The van der Waals surface area contributed by atoms with Gasteiger partial charge in [0.15, 0.2) is 0 Å². The van der Waals surface area contributed by atoms with Crippen LogP contribution in [-0.4, -0.2) is 5.11 Å². The Morgan fingerprint density at radius 1 is 1.22 bits per heavy atom. The second-order valence-electron chi connectivity index (χ2n) is 6.32. The van der Waals surface area contributed by atoms with Crippen molar-refractivity contribution < 1.29 is 5.11 Å². The molecule has 0 aromatic heterocycles. The molecule has 1 saturated carbocycles. The molecule has 2 aliphatic rings. The highest BCUT2D eigenvalue weighted by Crippen LogP contribution is 2.51. The zero-order valence-electron chi connectivity index (χ0n) is 11.5. The van der Waals surface area contributed by atoms with E-state index in [1.54, 1.807) is 0 Å². The lowest BCUT2D eigenvalue weighted by Crippen LogP contribution is -2.35. The SMILES string of the molecule is CCC1C(C)CCC2c3ccc(O)cc3CCC21. The zero-order chi connectivity index (χ0) is 12.7.